The molecule has 0 aliphatic rings. The summed E-state index contributed by atoms with van der Waals surface area (Å²) in [5.74, 6) is 1.67. The molecule has 0 atom stereocenters. The molecule has 0 saturated carbocycles. The van der Waals surface area contributed by atoms with Gasteiger partial charge in [-0.3, -0.25) is 4.57 Å². The van der Waals surface area contributed by atoms with Gasteiger partial charge in [-0.25, -0.2) is 4.98 Å². The van der Waals surface area contributed by atoms with Crippen LogP contribution in [0.15, 0.2) is 167 Å². The number of benzene rings is 7. The van der Waals surface area contributed by atoms with E-state index in [1.807, 2.05) is 66.7 Å². The molecule has 11 aromatic rings. The fourth-order valence-electron chi connectivity index (χ4n) is 7.60. The van der Waals surface area contributed by atoms with Gasteiger partial charge in [-0.2, -0.15) is 9.97 Å². The van der Waals surface area contributed by atoms with E-state index in [4.69, 9.17) is 23.8 Å². The molecule has 7 aromatic carbocycles. The van der Waals surface area contributed by atoms with Crippen LogP contribution in [0.4, 0.5) is 0 Å². The molecule has 6 nitrogen and oxygen atoms in total. The van der Waals surface area contributed by atoms with Crippen molar-refractivity contribution in [2.75, 3.05) is 0 Å². The Hall–Kier alpha value is -7.05. The lowest BCUT2D eigenvalue weighted by molar-refractivity contribution is 0.668. The lowest BCUT2D eigenvalue weighted by Crippen LogP contribution is -2.06. The van der Waals surface area contributed by atoms with Gasteiger partial charge < -0.3 is 8.83 Å². The SMILES string of the molecule is c1ccc(-c2nc(-c3cccc4c3oc3cccc(-c5ccc6c(c5)oc5ccccc56)c34)nc(-n3c4ccccc4c4ccccc43)n2)cc1. The van der Waals surface area contributed by atoms with Crippen LogP contribution in [0.1, 0.15) is 0 Å². The van der Waals surface area contributed by atoms with Gasteiger partial charge in [-0.1, -0.05) is 115 Å². The predicted molar refractivity (Wildman–Crippen MR) is 205 cm³/mol. The van der Waals surface area contributed by atoms with E-state index in [1.54, 1.807) is 0 Å². The zero-order valence-corrected chi connectivity index (χ0v) is 27.1. The number of furan rings is 2. The molecule has 51 heavy (non-hydrogen) atoms. The summed E-state index contributed by atoms with van der Waals surface area (Å²) in [7, 11) is 0. The van der Waals surface area contributed by atoms with Crippen LogP contribution in [0.5, 0.6) is 0 Å². The molecule has 0 N–H and O–H groups in total. The summed E-state index contributed by atoms with van der Waals surface area (Å²) in [4.78, 5) is 15.4. The zero-order valence-electron chi connectivity index (χ0n) is 27.1. The third-order valence-corrected chi connectivity index (χ3v) is 9.89. The number of hydrogen-bond acceptors (Lipinski definition) is 5. The van der Waals surface area contributed by atoms with Gasteiger partial charge in [0.25, 0.3) is 0 Å². The lowest BCUT2D eigenvalue weighted by atomic mass is 9.98. The van der Waals surface area contributed by atoms with Crippen LogP contribution in [-0.4, -0.2) is 19.5 Å². The Balaban J connectivity index is 1.15. The van der Waals surface area contributed by atoms with Crippen molar-refractivity contribution in [2.45, 2.75) is 0 Å². The molecule has 0 fully saturated rings. The Morgan fingerprint density at radius 2 is 1.02 bits per heavy atom. The van der Waals surface area contributed by atoms with Crippen molar-refractivity contribution in [3.63, 3.8) is 0 Å². The second-order valence-corrected chi connectivity index (χ2v) is 12.8. The Labute approximate surface area is 290 Å². The van der Waals surface area contributed by atoms with Gasteiger partial charge >= 0.3 is 0 Å². The first kappa shape index (κ1) is 27.9. The highest BCUT2D eigenvalue weighted by Gasteiger charge is 2.21. The molecule has 0 spiro atoms. The summed E-state index contributed by atoms with van der Waals surface area (Å²) < 4.78 is 15.1. The molecule has 11 rings (SSSR count). The van der Waals surface area contributed by atoms with E-state index in [1.165, 1.54) is 0 Å². The van der Waals surface area contributed by atoms with Crippen molar-refractivity contribution in [3.05, 3.63) is 158 Å². The predicted octanol–water partition coefficient (Wildman–Crippen LogP) is 11.8. The first-order chi connectivity index (χ1) is 25.3. The van der Waals surface area contributed by atoms with E-state index >= 15 is 0 Å². The highest BCUT2D eigenvalue weighted by Crippen LogP contribution is 2.42. The van der Waals surface area contributed by atoms with Gasteiger partial charge in [0.05, 0.1) is 16.6 Å². The largest absolute Gasteiger partial charge is 0.456 e. The molecule has 4 aromatic heterocycles. The Morgan fingerprint density at radius 1 is 0.392 bits per heavy atom. The summed E-state index contributed by atoms with van der Waals surface area (Å²) in [6.07, 6.45) is 0. The average Bonchev–Trinajstić information content (AvgIpc) is 3.87. The Bertz CT molecular complexity index is 3100. The van der Waals surface area contributed by atoms with Crippen LogP contribution in [0.2, 0.25) is 0 Å². The first-order valence-corrected chi connectivity index (χ1v) is 16.9. The number of rotatable bonds is 4. The van der Waals surface area contributed by atoms with Crippen LogP contribution in [0, 0.1) is 0 Å². The van der Waals surface area contributed by atoms with Gasteiger partial charge in [0, 0.05) is 37.9 Å². The van der Waals surface area contributed by atoms with Crippen LogP contribution < -0.4 is 0 Å². The van der Waals surface area contributed by atoms with E-state index in [-0.39, 0.29) is 0 Å². The van der Waals surface area contributed by atoms with Gasteiger partial charge in [-0.05, 0) is 53.6 Å². The Kier molecular flexibility index (Phi) is 5.86. The Morgan fingerprint density at radius 3 is 1.84 bits per heavy atom. The molecule has 0 unspecified atom stereocenters. The normalized spacial score (nSPS) is 11.9. The molecule has 0 amide bonds. The lowest BCUT2D eigenvalue weighted by Gasteiger charge is -2.11. The smallest absolute Gasteiger partial charge is 0.238 e. The van der Waals surface area contributed by atoms with Crippen LogP contribution in [0.25, 0.3) is 106 Å². The number of aromatic nitrogens is 4. The molecule has 0 bridgehead atoms. The molecule has 0 radical (unpaired) electrons. The van der Waals surface area contributed by atoms with Gasteiger partial charge in [0.1, 0.15) is 22.3 Å². The zero-order chi connectivity index (χ0) is 33.5. The summed E-state index contributed by atoms with van der Waals surface area (Å²) in [5, 5.41) is 6.52. The van der Waals surface area contributed by atoms with Crippen molar-refractivity contribution >= 4 is 65.7 Å². The standard InChI is InChI=1S/C45H26N4O2/c1-2-12-27(13-3-1)43-46-44(48-45(47-43)49-36-20-7-4-14-30(36)31-15-5-8-21-37(31)49)35-19-10-18-34-41-29(17-11-23-39(41)51-42(34)35)28-24-25-33-32-16-6-9-22-38(32)50-40(33)26-28/h1-26H. The second kappa shape index (κ2) is 10.7. The summed E-state index contributed by atoms with van der Waals surface area (Å²) in [5.41, 5.74) is 9.14. The maximum Gasteiger partial charge on any atom is 0.238 e. The third kappa shape index (κ3) is 4.20. The maximum absolute atomic E-state index is 6.72. The highest BCUT2D eigenvalue weighted by atomic mass is 16.3. The number of nitrogens with zero attached hydrogens (tertiary/aromatic N) is 4. The minimum atomic E-state index is 0.538. The van der Waals surface area contributed by atoms with E-state index in [0.717, 1.165) is 87.9 Å². The fourth-order valence-corrected chi connectivity index (χ4v) is 7.60. The van der Waals surface area contributed by atoms with Crippen molar-refractivity contribution < 1.29 is 8.83 Å². The average molecular weight is 655 g/mol. The fraction of sp³-hybridized carbons (Fsp3) is 0. The van der Waals surface area contributed by atoms with Crippen LogP contribution in [-0.2, 0) is 0 Å². The van der Waals surface area contributed by atoms with E-state index in [2.05, 4.69) is 95.6 Å². The summed E-state index contributed by atoms with van der Waals surface area (Å²) >= 11 is 0. The molecule has 4 heterocycles. The van der Waals surface area contributed by atoms with Gasteiger partial charge in [-0.15, -0.1) is 0 Å². The van der Waals surface area contributed by atoms with Crippen molar-refractivity contribution in [3.8, 4) is 39.9 Å². The number of fused-ring (bicyclic) bond motifs is 9. The van der Waals surface area contributed by atoms with Crippen molar-refractivity contribution in [1.29, 1.82) is 0 Å². The molecule has 6 heteroatoms. The molecule has 238 valence electrons. The van der Waals surface area contributed by atoms with Crippen LogP contribution in [0.3, 0.4) is 0 Å². The topological polar surface area (TPSA) is 69.9 Å². The highest BCUT2D eigenvalue weighted by molar-refractivity contribution is 6.16. The molecule has 0 aliphatic carbocycles. The molecule has 0 aliphatic heterocycles. The van der Waals surface area contributed by atoms with Gasteiger partial charge in [0.2, 0.25) is 5.95 Å². The van der Waals surface area contributed by atoms with Crippen molar-refractivity contribution in [1.82, 2.24) is 19.5 Å². The first-order valence-electron chi connectivity index (χ1n) is 16.9. The monoisotopic (exact) mass is 654 g/mol. The van der Waals surface area contributed by atoms with Crippen LogP contribution >= 0.6 is 0 Å². The minimum absolute atomic E-state index is 0.538. The maximum atomic E-state index is 6.72. The van der Waals surface area contributed by atoms with E-state index in [9.17, 15) is 0 Å². The van der Waals surface area contributed by atoms with Crippen molar-refractivity contribution in [2.24, 2.45) is 0 Å². The third-order valence-electron chi connectivity index (χ3n) is 9.89. The quantitative estimate of drug-likeness (QED) is 0.189. The summed E-state index contributed by atoms with van der Waals surface area (Å²) in [6, 6.07) is 53.8. The second-order valence-electron chi connectivity index (χ2n) is 12.8. The summed E-state index contributed by atoms with van der Waals surface area (Å²) in [6.45, 7) is 0. The van der Waals surface area contributed by atoms with E-state index in [0.29, 0.717) is 17.6 Å². The number of para-hydroxylation sites is 4. The minimum Gasteiger partial charge on any atom is -0.456 e. The number of hydrogen-bond donors (Lipinski definition) is 0. The van der Waals surface area contributed by atoms with Gasteiger partial charge in [0.15, 0.2) is 11.6 Å². The molecular formula is C45H26N4O2. The molecular weight excluding hydrogens is 629 g/mol. The molecule has 0 saturated heterocycles. The van der Waals surface area contributed by atoms with E-state index < -0.39 is 0 Å².